The average Bonchev–Trinajstić information content (AvgIpc) is 2.53. The summed E-state index contributed by atoms with van der Waals surface area (Å²) in [5.41, 5.74) is 0.452. The van der Waals surface area contributed by atoms with E-state index in [1.807, 2.05) is 0 Å². The summed E-state index contributed by atoms with van der Waals surface area (Å²) in [5, 5.41) is 5.11. The summed E-state index contributed by atoms with van der Waals surface area (Å²) in [5.74, 6) is -1.99. The van der Waals surface area contributed by atoms with Gasteiger partial charge in [0, 0.05) is 13.1 Å². The molecule has 2 aromatic rings. The van der Waals surface area contributed by atoms with Crippen LogP contribution in [-0.2, 0) is 11.2 Å². The maximum absolute atomic E-state index is 13.6. The number of amides is 2. The number of nitrogens with one attached hydrogen (secondary N) is 2. The number of carbonyl (C=O) groups is 2. The predicted octanol–water partition coefficient (Wildman–Crippen LogP) is 2.71. The van der Waals surface area contributed by atoms with E-state index in [9.17, 15) is 18.4 Å². The van der Waals surface area contributed by atoms with Crippen molar-refractivity contribution in [3.63, 3.8) is 0 Å². The summed E-state index contributed by atoms with van der Waals surface area (Å²) in [6.07, 6.45) is 0.105. The highest BCUT2D eigenvalue weighted by atomic mass is 35.5. The molecule has 0 unspecified atom stereocenters. The molecule has 126 valence electrons. The van der Waals surface area contributed by atoms with Crippen LogP contribution in [0.5, 0.6) is 0 Å². The van der Waals surface area contributed by atoms with Gasteiger partial charge in [-0.3, -0.25) is 9.59 Å². The van der Waals surface area contributed by atoms with Crippen molar-refractivity contribution in [1.29, 1.82) is 0 Å². The zero-order valence-electron chi connectivity index (χ0n) is 12.6. The first-order chi connectivity index (χ1) is 11.5. The van der Waals surface area contributed by atoms with Crippen LogP contribution in [0.3, 0.4) is 0 Å². The molecule has 2 N–H and O–H groups in total. The number of hydrogen-bond donors (Lipinski definition) is 2. The molecule has 0 atom stereocenters. The van der Waals surface area contributed by atoms with Crippen molar-refractivity contribution < 1.29 is 18.4 Å². The molecule has 0 radical (unpaired) electrons. The zero-order chi connectivity index (χ0) is 17.5. The molecule has 0 aliphatic heterocycles. The molecule has 0 saturated carbocycles. The average molecular weight is 353 g/mol. The molecule has 7 heteroatoms. The molecule has 24 heavy (non-hydrogen) atoms. The lowest BCUT2D eigenvalue weighted by atomic mass is 10.1. The number of hydrogen-bond acceptors (Lipinski definition) is 2. The second kappa shape index (κ2) is 8.40. The van der Waals surface area contributed by atoms with Crippen molar-refractivity contribution in [3.05, 3.63) is 70.2 Å². The molecule has 2 rings (SSSR count). The van der Waals surface area contributed by atoms with Gasteiger partial charge in [-0.1, -0.05) is 29.8 Å². The highest BCUT2D eigenvalue weighted by Gasteiger charge is 2.15. The van der Waals surface area contributed by atoms with Crippen LogP contribution in [0.2, 0.25) is 5.02 Å². The Morgan fingerprint density at radius 2 is 1.62 bits per heavy atom. The van der Waals surface area contributed by atoms with E-state index >= 15 is 0 Å². The number of rotatable bonds is 6. The van der Waals surface area contributed by atoms with Gasteiger partial charge in [-0.25, -0.2) is 8.78 Å². The summed E-state index contributed by atoms with van der Waals surface area (Å²) in [7, 11) is 0. The van der Waals surface area contributed by atoms with Gasteiger partial charge in [0.05, 0.1) is 17.0 Å². The molecule has 0 saturated heterocycles. The van der Waals surface area contributed by atoms with Crippen molar-refractivity contribution in [3.8, 4) is 0 Å². The molecule has 0 fully saturated rings. The van der Waals surface area contributed by atoms with Gasteiger partial charge in [-0.2, -0.15) is 0 Å². The smallest absolute Gasteiger partial charge is 0.255 e. The summed E-state index contributed by atoms with van der Waals surface area (Å²) < 4.78 is 26.3. The molecule has 2 aromatic carbocycles. The third-order valence-electron chi connectivity index (χ3n) is 3.20. The minimum atomic E-state index is -0.708. The summed E-state index contributed by atoms with van der Waals surface area (Å²) in [6, 6.07) is 9.58. The second-order valence-electron chi connectivity index (χ2n) is 5.01. The van der Waals surface area contributed by atoms with Crippen LogP contribution in [0, 0.1) is 11.6 Å². The molecule has 0 bridgehead atoms. The summed E-state index contributed by atoms with van der Waals surface area (Å²) in [6.45, 7) is 0.302. The summed E-state index contributed by atoms with van der Waals surface area (Å²) in [4.78, 5) is 23.6. The molecule has 0 spiro atoms. The first kappa shape index (κ1) is 17.9. The Kier molecular flexibility index (Phi) is 6.26. The lowest BCUT2D eigenvalue weighted by Crippen LogP contribution is -2.35. The van der Waals surface area contributed by atoms with Crippen molar-refractivity contribution in [2.24, 2.45) is 0 Å². The normalized spacial score (nSPS) is 10.3. The van der Waals surface area contributed by atoms with Crippen LogP contribution >= 0.6 is 11.6 Å². The van der Waals surface area contributed by atoms with Crippen LogP contribution in [0.25, 0.3) is 0 Å². The van der Waals surface area contributed by atoms with Crippen molar-refractivity contribution in [2.75, 3.05) is 13.1 Å². The van der Waals surface area contributed by atoms with E-state index in [2.05, 4.69) is 10.6 Å². The fourth-order valence-corrected chi connectivity index (χ4v) is 2.28. The first-order valence-electron chi connectivity index (χ1n) is 7.20. The van der Waals surface area contributed by atoms with E-state index in [0.29, 0.717) is 5.56 Å². The highest BCUT2D eigenvalue weighted by molar-refractivity contribution is 6.33. The second-order valence-corrected chi connectivity index (χ2v) is 5.41. The van der Waals surface area contributed by atoms with Crippen molar-refractivity contribution in [1.82, 2.24) is 10.6 Å². The lowest BCUT2D eigenvalue weighted by molar-refractivity contribution is -0.120. The van der Waals surface area contributed by atoms with E-state index in [1.54, 1.807) is 0 Å². The van der Waals surface area contributed by atoms with Crippen molar-refractivity contribution in [2.45, 2.75) is 6.42 Å². The Morgan fingerprint density at radius 3 is 2.29 bits per heavy atom. The Morgan fingerprint density at radius 1 is 0.958 bits per heavy atom. The van der Waals surface area contributed by atoms with Crippen LogP contribution in [0.15, 0.2) is 42.5 Å². The van der Waals surface area contributed by atoms with E-state index in [4.69, 9.17) is 11.6 Å². The molecule has 4 nitrogen and oxygen atoms in total. The Hall–Kier alpha value is -2.47. The standard InChI is InChI=1S/C17H15ClF2N2O2/c18-13-2-1-3-14(20)16(13)17(24)22-9-8-21-15(23)10-11-4-6-12(19)7-5-11/h1-7H,8-10H2,(H,21,23)(H,22,24). The van der Waals surface area contributed by atoms with Gasteiger partial charge in [0.1, 0.15) is 11.6 Å². The van der Waals surface area contributed by atoms with Crippen LogP contribution in [0.4, 0.5) is 8.78 Å². The Bertz CT molecular complexity index is 716. The number of halogens is 3. The van der Waals surface area contributed by atoms with E-state index in [-0.39, 0.29) is 41.8 Å². The fourth-order valence-electron chi connectivity index (χ4n) is 2.03. The van der Waals surface area contributed by atoms with E-state index < -0.39 is 11.7 Å². The van der Waals surface area contributed by atoms with Gasteiger partial charge in [0.25, 0.3) is 5.91 Å². The largest absolute Gasteiger partial charge is 0.354 e. The van der Waals surface area contributed by atoms with Crippen LogP contribution in [-0.4, -0.2) is 24.9 Å². The number of benzene rings is 2. The molecule has 2 amide bonds. The third kappa shape index (κ3) is 5.03. The van der Waals surface area contributed by atoms with Gasteiger partial charge >= 0.3 is 0 Å². The van der Waals surface area contributed by atoms with E-state index in [1.165, 1.54) is 36.4 Å². The fraction of sp³-hybridized carbons (Fsp3) is 0.176. The minimum Gasteiger partial charge on any atom is -0.354 e. The molecular formula is C17H15ClF2N2O2. The van der Waals surface area contributed by atoms with Gasteiger partial charge in [-0.05, 0) is 29.8 Å². The zero-order valence-corrected chi connectivity index (χ0v) is 13.4. The van der Waals surface area contributed by atoms with Gasteiger partial charge in [0.15, 0.2) is 0 Å². The monoisotopic (exact) mass is 352 g/mol. The van der Waals surface area contributed by atoms with Crippen LogP contribution in [0.1, 0.15) is 15.9 Å². The molecule has 0 aliphatic carbocycles. The molecule has 0 heterocycles. The third-order valence-corrected chi connectivity index (χ3v) is 3.52. The van der Waals surface area contributed by atoms with Gasteiger partial charge < -0.3 is 10.6 Å². The topological polar surface area (TPSA) is 58.2 Å². The lowest BCUT2D eigenvalue weighted by Gasteiger charge is -2.09. The SMILES string of the molecule is O=C(Cc1ccc(F)cc1)NCCNC(=O)c1c(F)cccc1Cl. The predicted molar refractivity (Wildman–Crippen MR) is 86.9 cm³/mol. The summed E-state index contributed by atoms with van der Waals surface area (Å²) >= 11 is 5.79. The van der Waals surface area contributed by atoms with Gasteiger partial charge in [-0.15, -0.1) is 0 Å². The molecule has 0 aromatic heterocycles. The first-order valence-corrected chi connectivity index (χ1v) is 7.58. The maximum atomic E-state index is 13.6. The maximum Gasteiger partial charge on any atom is 0.255 e. The minimum absolute atomic E-state index is 0.0212. The Balaban J connectivity index is 1.75. The quantitative estimate of drug-likeness (QED) is 0.785. The molecule has 0 aliphatic rings. The van der Waals surface area contributed by atoms with E-state index in [0.717, 1.165) is 6.07 Å². The number of carbonyl (C=O) groups excluding carboxylic acids is 2. The Labute approximate surface area is 142 Å². The van der Waals surface area contributed by atoms with Gasteiger partial charge in [0.2, 0.25) is 5.91 Å². The highest BCUT2D eigenvalue weighted by Crippen LogP contribution is 2.18. The van der Waals surface area contributed by atoms with Crippen LogP contribution < -0.4 is 10.6 Å². The van der Waals surface area contributed by atoms with Crippen molar-refractivity contribution >= 4 is 23.4 Å². The molecular weight excluding hydrogens is 338 g/mol.